The number of aromatic nitrogens is 2. The molecule has 0 unspecified atom stereocenters. The average molecular weight is 448 g/mol. The molecule has 0 aliphatic carbocycles. The van der Waals surface area contributed by atoms with Gasteiger partial charge in [0.15, 0.2) is 0 Å². The molecule has 0 saturated carbocycles. The minimum Gasteiger partial charge on any atom is -0.367 e. The van der Waals surface area contributed by atoms with E-state index in [-0.39, 0.29) is 24.0 Å². The van der Waals surface area contributed by atoms with Gasteiger partial charge in [-0.25, -0.2) is 13.4 Å². The number of sulfonamides is 1. The molecule has 1 aliphatic rings. The predicted molar refractivity (Wildman–Crippen MR) is 114 cm³/mol. The zero-order valence-corrected chi connectivity index (χ0v) is 17.9. The number of piperidine rings is 1. The second-order valence-corrected chi connectivity index (χ2v) is 9.55. The molecule has 0 spiro atoms. The van der Waals surface area contributed by atoms with Crippen molar-refractivity contribution in [3.05, 3.63) is 59.4 Å². The van der Waals surface area contributed by atoms with E-state index in [0.29, 0.717) is 29.3 Å². The smallest absolute Gasteiger partial charge is 0.258 e. The van der Waals surface area contributed by atoms with Crippen molar-refractivity contribution in [2.24, 2.45) is 0 Å². The van der Waals surface area contributed by atoms with Crippen molar-refractivity contribution in [1.82, 2.24) is 13.9 Å². The first-order chi connectivity index (χ1) is 14.5. The molecule has 1 aliphatic heterocycles. The van der Waals surface area contributed by atoms with Crippen LogP contribution in [0.3, 0.4) is 0 Å². The lowest BCUT2D eigenvalue weighted by atomic mass is 10.2. The lowest BCUT2D eigenvalue weighted by Crippen LogP contribution is -2.35. The Kier molecular flexibility index (Phi) is 6.19. The van der Waals surface area contributed by atoms with Gasteiger partial charge in [0.1, 0.15) is 12.3 Å². The number of benzene rings is 1. The number of ether oxygens (including phenoxy) is 1. The van der Waals surface area contributed by atoms with Crippen LogP contribution in [0.25, 0.3) is 11.0 Å². The van der Waals surface area contributed by atoms with E-state index >= 15 is 0 Å². The second-order valence-electron chi connectivity index (χ2n) is 7.21. The molecular weight excluding hydrogens is 426 g/mol. The van der Waals surface area contributed by atoms with E-state index in [1.807, 2.05) is 12.1 Å². The monoisotopic (exact) mass is 447 g/mol. The summed E-state index contributed by atoms with van der Waals surface area (Å²) in [7, 11) is -3.56. The van der Waals surface area contributed by atoms with Gasteiger partial charge in [0.2, 0.25) is 10.0 Å². The van der Waals surface area contributed by atoms with Crippen LogP contribution in [0, 0.1) is 0 Å². The lowest BCUT2D eigenvalue weighted by Gasteiger charge is -2.26. The van der Waals surface area contributed by atoms with E-state index in [2.05, 4.69) is 4.98 Å². The fraction of sp³-hybridized carbons (Fsp3) is 0.333. The van der Waals surface area contributed by atoms with Gasteiger partial charge in [-0.15, -0.1) is 0 Å². The minimum atomic E-state index is -3.56. The lowest BCUT2D eigenvalue weighted by molar-refractivity contribution is 0.0648. The third-order valence-corrected chi connectivity index (χ3v) is 7.43. The van der Waals surface area contributed by atoms with Gasteiger partial charge in [-0.1, -0.05) is 18.0 Å². The van der Waals surface area contributed by atoms with E-state index in [4.69, 9.17) is 16.3 Å². The number of fused-ring (bicyclic) bond motifs is 1. The SMILES string of the molecule is O=C(COCc1cc(S(=O)(=O)N2CCCCC2)ccc1Cl)n1ccc2cccnc21. The number of carbonyl (C=O) groups excluding carboxylic acids is 1. The van der Waals surface area contributed by atoms with Gasteiger partial charge in [0.05, 0.1) is 11.5 Å². The molecule has 4 rings (SSSR count). The summed E-state index contributed by atoms with van der Waals surface area (Å²) in [5.41, 5.74) is 1.09. The van der Waals surface area contributed by atoms with Gasteiger partial charge < -0.3 is 4.74 Å². The Labute approximate surface area is 180 Å². The Hall–Kier alpha value is -2.26. The molecule has 0 bridgehead atoms. The standard InChI is InChI=1S/C21H22ClN3O4S/c22-19-7-6-18(30(27,28)24-10-2-1-3-11-24)13-17(19)14-29-15-20(26)25-12-8-16-5-4-9-23-21(16)25/h4-9,12-13H,1-3,10-11,14-15H2. The molecule has 2 aromatic heterocycles. The molecule has 1 saturated heterocycles. The summed E-state index contributed by atoms with van der Waals surface area (Å²) in [5, 5.41) is 1.26. The number of hydrogen-bond acceptors (Lipinski definition) is 5. The first-order valence-electron chi connectivity index (χ1n) is 9.78. The van der Waals surface area contributed by atoms with Crippen molar-refractivity contribution in [3.63, 3.8) is 0 Å². The molecule has 0 radical (unpaired) electrons. The Balaban J connectivity index is 1.44. The third kappa shape index (κ3) is 4.27. The molecular formula is C21H22ClN3O4S. The largest absolute Gasteiger partial charge is 0.367 e. The van der Waals surface area contributed by atoms with E-state index in [9.17, 15) is 13.2 Å². The number of carbonyl (C=O) groups is 1. The summed E-state index contributed by atoms with van der Waals surface area (Å²) in [6.07, 6.45) is 6.07. The van der Waals surface area contributed by atoms with Gasteiger partial charge in [0, 0.05) is 35.9 Å². The van der Waals surface area contributed by atoms with Crippen LogP contribution in [0.4, 0.5) is 0 Å². The molecule has 3 heterocycles. The van der Waals surface area contributed by atoms with Crippen LogP contribution in [0.2, 0.25) is 5.02 Å². The number of halogens is 1. The van der Waals surface area contributed by atoms with E-state index in [1.165, 1.54) is 21.0 Å². The van der Waals surface area contributed by atoms with E-state index in [0.717, 1.165) is 24.6 Å². The predicted octanol–water partition coefficient (Wildman–Crippen LogP) is 3.72. The topological polar surface area (TPSA) is 81.5 Å². The molecule has 1 fully saturated rings. The highest BCUT2D eigenvalue weighted by Crippen LogP contribution is 2.25. The second kappa shape index (κ2) is 8.85. The normalized spacial score (nSPS) is 15.5. The maximum Gasteiger partial charge on any atom is 0.258 e. The molecule has 3 aromatic rings. The van der Waals surface area contributed by atoms with Crippen molar-refractivity contribution < 1.29 is 17.9 Å². The van der Waals surface area contributed by atoms with Crippen LogP contribution >= 0.6 is 11.6 Å². The number of rotatable bonds is 6. The van der Waals surface area contributed by atoms with Gasteiger partial charge >= 0.3 is 0 Å². The third-order valence-electron chi connectivity index (χ3n) is 5.17. The van der Waals surface area contributed by atoms with Crippen LogP contribution < -0.4 is 0 Å². The van der Waals surface area contributed by atoms with Gasteiger partial charge in [-0.3, -0.25) is 9.36 Å². The van der Waals surface area contributed by atoms with Crippen molar-refractivity contribution in [1.29, 1.82) is 0 Å². The molecule has 0 N–H and O–H groups in total. The summed E-state index contributed by atoms with van der Waals surface area (Å²) in [6.45, 7) is 0.911. The van der Waals surface area contributed by atoms with Crippen LogP contribution in [-0.2, 0) is 21.4 Å². The van der Waals surface area contributed by atoms with Gasteiger partial charge in [0.25, 0.3) is 5.91 Å². The van der Waals surface area contributed by atoms with E-state index in [1.54, 1.807) is 24.5 Å². The Morgan fingerprint density at radius 3 is 2.73 bits per heavy atom. The first-order valence-corrected chi connectivity index (χ1v) is 11.6. The summed E-state index contributed by atoms with van der Waals surface area (Å²) in [5.74, 6) is -0.267. The molecule has 0 atom stereocenters. The van der Waals surface area contributed by atoms with E-state index < -0.39 is 10.0 Å². The van der Waals surface area contributed by atoms with Gasteiger partial charge in [-0.2, -0.15) is 4.31 Å². The highest BCUT2D eigenvalue weighted by Gasteiger charge is 2.26. The summed E-state index contributed by atoms with van der Waals surface area (Å²) < 4.78 is 34.3. The van der Waals surface area contributed by atoms with Gasteiger partial charge in [-0.05, 0) is 54.8 Å². The molecule has 1 aromatic carbocycles. The zero-order chi connectivity index (χ0) is 21.1. The zero-order valence-electron chi connectivity index (χ0n) is 16.3. The highest BCUT2D eigenvalue weighted by molar-refractivity contribution is 7.89. The highest BCUT2D eigenvalue weighted by atomic mass is 35.5. The maximum absolute atomic E-state index is 12.9. The summed E-state index contributed by atoms with van der Waals surface area (Å²) in [6, 6.07) is 10.1. The Morgan fingerprint density at radius 2 is 1.93 bits per heavy atom. The molecule has 9 heteroatoms. The number of pyridine rings is 1. The van der Waals surface area contributed by atoms with Crippen molar-refractivity contribution in [3.8, 4) is 0 Å². The maximum atomic E-state index is 12.9. The molecule has 30 heavy (non-hydrogen) atoms. The summed E-state index contributed by atoms with van der Waals surface area (Å²) >= 11 is 6.24. The number of nitrogens with zero attached hydrogens (tertiary/aromatic N) is 3. The molecule has 0 amide bonds. The first kappa shape index (κ1) is 21.0. The minimum absolute atomic E-state index is 0.0283. The van der Waals surface area contributed by atoms with Crippen LogP contribution in [0.1, 0.15) is 29.6 Å². The summed E-state index contributed by atoms with van der Waals surface area (Å²) in [4.78, 5) is 16.9. The van der Waals surface area contributed by atoms with Crippen LogP contribution in [0.15, 0.2) is 53.7 Å². The van der Waals surface area contributed by atoms with Crippen LogP contribution in [0.5, 0.6) is 0 Å². The average Bonchev–Trinajstić information content (AvgIpc) is 3.20. The van der Waals surface area contributed by atoms with Crippen molar-refractivity contribution in [2.75, 3.05) is 19.7 Å². The molecule has 158 valence electrons. The Bertz CT molecular complexity index is 1170. The van der Waals surface area contributed by atoms with Crippen LogP contribution in [-0.4, -0.2) is 47.9 Å². The Morgan fingerprint density at radius 1 is 1.13 bits per heavy atom. The quantitative estimate of drug-likeness (QED) is 0.575. The fourth-order valence-electron chi connectivity index (χ4n) is 3.56. The van der Waals surface area contributed by atoms with Crippen molar-refractivity contribution >= 4 is 38.6 Å². The molecule has 7 nitrogen and oxygen atoms in total. The fourth-order valence-corrected chi connectivity index (χ4v) is 5.30. The number of hydrogen-bond donors (Lipinski definition) is 0. The van der Waals surface area contributed by atoms with Crippen molar-refractivity contribution in [2.45, 2.75) is 30.8 Å².